The number of hydrogen-bond acceptors (Lipinski definition) is 2. The molecular weight excluding hydrogens is 270 g/mol. The molecule has 3 nitrogen and oxygen atoms in total. The minimum atomic E-state index is 0.618. The van der Waals surface area contributed by atoms with Crippen LogP contribution in [0.2, 0.25) is 0 Å². The fourth-order valence-corrected chi connectivity index (χ4v) is 2.78. The van der Waals surface area contributed by atoms with E-state index >= 15 is 0 Å². The van der Waals surface area contributed by atoms with Crippen LogP contribution in [0.5, 0.6) is 0 Å². The number of aromatic nitrogens is 3. The second-order valence-corrected chi connectivity index (χ2v) is 5.63. The van der Waals surface area contributed by atoms with Crippen molar-refractivity contribution in [2.24, 2.45) is 0 Å². The first-order valence-electron chi connectivity index (χ1n) is 7.72. The highest BCUT2D eigenvalue weighted by molar-refractivity contribution is 6.17. The number of rotatable bonds is 9. The molecular formula is C16H24ClN3. The van der Waals surface area contributed by atoms with Gasteiger partial charge in [0.25, 0.3) is 0 Å². The number of nitrogens with zero attached hydrogens (tertiary/aromatic N) is 3. The summed E-state index contributed by atoms with van der Waals surface area (Å²) in [5, 5.41) is 0. The van der Waals surface area contributed by atoms with E-state index in [1.807, 2.05) is 12.4 Å². The van der Waals surface area contributed by atoms with Crippen molar-refractivity contribution in [3.8, 4) is 0 Å². The Kier molecular flexibility index (Phi) is 6.31. The molecule has 2 rings (SSSR count). The van der Waals surface area contributed by atoms with Crippen LogP contribution in [0.25, 0.3) is 11.0 Å². The van der Waals surface area contributed by atoms with Gasteiger partial charge in [-0.25, -0.2) is 4.98 Å². The highest BCUT2D eigenvalue weighted by Crippen LogP contribution is 2.17. The number of halogens is 1. The van der Waals surface area contributed by atoms with Crippen LogP contribution in [-0.4, -0.2) is 20.4 Å². The van der Waals surface area contributed by atoms with E-state index in [9.17, 15) is 0 Å². The molecule has 0 aliphatic rings. The maximum absolute atomic E-state index is 5.89. The normalized spacial score (nSPS) is 11.3. The number of aryl methyl sites for hydroxylation is 2. The van der Waals surface area contributed by atoms with Gasteiger partial charge in [-0.05, 0) is 12.5 Å². The van der Waals surface area contributed by atoms with Crippen molar-refractivity contribution < 1.29 is 0 Å². The lowest BCUT2D eigenvalue weighted by Gasteiger charge is -2.08. The van der Waals surface area contributed by atoms with Crippen LogP contribution >= 0.6 is 11.6 Å². The molecule has 0 N–H and O–H groups in total. The molecule has 0 atom stereocenters. The van der Waals surface area contributed by atoms with E-state index in [0.717, 1.165) is 24.3 Å². The first kappa shape index (κ1) is 15.3. The Balaban J connectivity index is 1.98. The van der Waals surface area contributed by atoms with E-state index in [2.05, 4.69) is 27.5 Å². The molecule has 0 aromatic carbocycles. The molecule has 0 amide bonds. The molecule has 0 bridgehead atoms. The molecule has 2 heterocycles. The summed E-state index contributed by atoms with van der Waals surface area (Å²) < 4.78 is 2.32. The largest absolute Gasteiger partial charge is 0.328 e. The minimum Gasteiger partial charge on any atom is -0.328 e. The first-order chi connectivity index (χ1) is 9.86. The monoisotopic (exact) mass is 293 g/mol. The van der Waals surface area contributed by atoms with Gasteiger partial charge in [0, 0.05) is 25.0 Å². The zero-order valence-corrected chi connectivity index (χ0v) is 13.1. The third kappa shape index (κ3) is 3.95. The van der Waals surface area contributed by atoms with Crippen LogP contribution in [0, 0.1) is 0 Å². The van der Waals surface area contributed by atoms with E-state index < -0.39 is 0 Å². The number of imidazole rings is 1. The van der Waals surface area contributed by atoms with Crippen molar-refractivity contribution in [3.05, 3.63) is 24.3 Å². The molecule has 2 aromatic rings. The average Bonchev–Trinajstić information content (AvgIpc) is 2.81. The molecule has 0 saturated carbocycles. The van der Waals surface area contributed by atoms with E-state index in [-0.39, 0.29) is 0 Å². The smallest absolute Gasteiger partial charge is 0.111 e. The Hall–Kier alpha value is -1.09. The van der Waals surface area contributed by atoms with Crippen LogP contribution in [0.15, 0.2) is 18.5 Å². The Morgan fingerprint density at radius 1 is 1.15 bits per heavy atom. The van der Waals surface area contributed by atoms with Crippen LogP contribution < -0.4 is 0 Å². The van der Waals surface area contributed by atoms with Crippen LogP contribution in [0.3, 0.4) is 0 Å². The molecule has 110 valence electrons. The summed E-state index contributed by atoms with van der Waals surface area (Å²) in [7, 11) is 0. The average molecular weight is 294 g/mol. The summed E-state index contributed by atoms with van der Waals surface area (Å²) in [5.74, 6) is 1.71. The van der Waals surface area contributed by atoms with E-state index in [4.69, 9.17) is 11.6 Å². The van der Waals surface area contributed by atoms with Gasteiger partial charge in [0.05, 0.1) is 11.7 Å². The Morgan fingerprint density at radius 3 is 2.75 bits per heavy atom. The standard InChI is InChI=1S/C16H24ClN3/c1-2-3-4-5-6-7-12-20-15-9-11-18-13-14(15)19-16(20)8-10-17/h9,11,13H,2-8,10,12H2,1H3. The van der Waals surface area contributed by atoms with Gasteiger partial charge in [-0.3, -0.25) is 4.98 Å². The van der Waals surface area contributed by atoms with Crippen LogP contribution in [-0.2, 0) is 13.0 Å². The SMILES string of the molecule is CCCCCCCCn1c(CCCl)nc2cnccc21. The Labute approximate surface area is 126 Å². The van der Waals surface area contributed by atoms with Crippen molar-refractivity contribution in [1.82, 2.24) is 14.5 Å². The highest BCUT2D eigenvalue weighted by atomic mass is 35.5. The first-order valence-corrected chi connectivity index (χ1v) is 8.25. The van der Waals surface area contributed by atoms with E-state index in [0.29, 0.717) is 5.88 Å². The molecule has 0 fully saturated rings. The molecule has 0 unspecified atom stereocenters. The second kappa shape index (κ2) is 8.25. The Morgan fingerprint density at radius 2 is 1.95 bits per heavy atom. The topological polar surface area (TPSA) is 30.7 Å². The molecule has 0 spiro atoms. The summed E-state index contributed by atoms with van der Waals surface area (Å²) in [4.78, 5) is 8.80. The maximum atomic E-state index is 5.89. The summed E-state index contributed by atoms with van der Waals surface area (Å²) in [6, 6.07) is 2.05. The maximum Gasteiger partial charge on any atom is 0.111 e. The minimum absolute atomic E-state index is 0.618. The lowest BCUT2D eigenvalue weighted by Crippen LogP contribution is -2.05. The number of alkyl halides is 1. The molecule has 0 aliphatic heterocycles. The lowest BCUT2D eigenvalue weighted by atomic mass is 10.1. The van der Waals surface area contributed by atoms with Crippen molar-refractivity contribution in [2.45, 2.75) is 58.4 Å². The van der Waals surface area contributed by atoms with Gasteiger partial charge in [-0.2, -0.15) is 0 Å². The quantitative estimate of drug-likeness (QED) is 0.501. The number of pyridine rings is 1. The Bertz CT molecular complexity index is 521. The summed E-state index contributed by atoms with van der Waals surface area (Å²) in [6.07, 6.45) is 12.4. The molecule has 0 aliphatic carbocycles. The zero-order chi connectivity index (χ0) is 14.2. The predicted octanol–water partition coefficient (Wildman–Crippen LogP) is 4.57. The van der Waals surface area contributed by atoms with Gasteiger partial charge in [-0.15, -0.1) is 11.6 Å². The van der Waals surface area contributed by atoms with Gasteiger partial charge in [0.15, 0.2) is 0 Å². The molecule has 4 heteroatoms. The van der Waals surface area contributed by atoms with Crippen molar-refractivity contribution >= 4 is 22.6 Å². The fourth-order valence-electron chi connectivity index (χ4n) is 2.61. The second-order valence-electron chi connectivity index (χ2n) is 5.25. The van der Waals surface area contributed by atoms with Gasteiger partial charge in [0.1, 0.15) is 11.3 Å². The third-order valence-corrected chi connectivity index (χ3v) is 3.87. The van der Waals surface area contributed by atoms with Crippen LogP contribution in [0.1, 0.15) is 51.3 Å². The van der Waals surface area contributed by atoms with Gasteiger partial charge >= 0.3 is 0 Å². The van der Waals surface area contributed by atoms with Gasteiger partial charge < -0.3 is 4.57 Å². The third-order valence-electron chi connectivity index (χ3n) is 3.68. The van der Waals surface area contributed by atoms with Crippen LogP contribution in [0.4, 0.5) is 0 Å². The molecule has 2 aromatic heterocycles. The predicted molar refractivity (Wildman–Crippen MR) is 85.3 cm³/mol. The van der Waals surface area contributed by atoms with Crippen molar-refractivity contribution in [1.29, 1.82) is 0 Å². The summed E-state index contributed by atoms with van der Waals surface area (Å²) in [5.41, 5.74) is 2.17. The van der Waals surface area contributed by atoms with E-state index in [1.54, 1.807) is 0 Å². The van der Waals surface area contributed by atoms with Gasteiger partial charge in [0.2, 0.25) is 0 Å². The summed E-state index contributed by atoms with van der Waals surface area (Å²) >= 11 is 5.89. The zero-order valence-electron chi connectivity index (χ0n) is 12.3. The fraction of sp³-hybridized carbons (Fsp3) is 0.625. The number of hydrogen-bond donors (Lipinski definition) is 0. The highest BCUT2D eigenvalue weighted by Gasteiger charge is 2.09. The molecule has 0 saturated heterocycles. The van der Waals surface area contributed by atoms with E-state index in [1.165, 1.54) is 44.0 Å². The number of fused-ring (bicyclic) bond motifs is 1. The van der Waals surface area contributed by atoms with Crippen molar-refractivity contribution in [3.63, 3.8) is 0 Å². The summed E-state index contributed by atoms with van der Waals surface area (Å²) in [6.45, 7) is 3.29. The molecule has 20 heavy (non-hydrogen) atoms. The van der Waals surface area contributed by atoms with Gasteiger partial charge in [-0.1, -0.05) is 39.0 Å². The van der Waals surface area contributed by atoms with Crippen molar-refractivity contribution in [2.75, 3.05) is 5.88 Å². The number of unbranched alkanes of at least 4 members (excludes halogenated alkanes) is 5. The lowest BCUT2D eigenvalue weighted by molar-refractivity contribution is 0.554. The molecule has 0 radical (unpaired) electrons.